The van der Waals surface area contributed by atoms with Crippen LogP contribution >= 0.6 is 0 Å². The Labute approximate surface area is 209 Å². The Morgan fingerprint density at radius 1 is 1.17 bits per heavy atom. The number of halogens is 3. The first-order chi connectivity index (χ1) is 17.1. The molecule has 0 saturated carbocycles. The molecule has 0 aliphatic carbocycles. The van der Waals surface area contributed by atoms with E-state index in [0.29, 0.717) is 35.4 Å². The number of carbonyl (C=O) groups is 1. The Bertz CT molecular complexity index is 1220. The SMILES string of the molecule is COCCCCCN(C)C(=O)n1c([S@](=O)Cc2nccc(OCC(F)(F)F)c2C)nc2ccccc21. The van der Waals surface area contributed by atoms with Crippen molar-refractivity contribution in [1.82, 2.24) is 19.4 Å². The van der Waals surface area contributed by atoms with E-state index in [1.165, 1.54) is 16.8 Å². The van der Waals surface area contributed by atoms with E-state index in [4.69, 9.17) is 9.47 Å². The zero-order valence-corrected chi connectivity index (χ0v) is 21.2. The average Bonchev–Trinajstić information content (AvgIpc) is 3.23. The van der Waals surface area contributed by atoms with Gasteiger partial charge in [0.15, 0.2) is 6.61 Å². The van der Waals surface area contributed by atoms with Crippen LogP contribution in [0.2, 0.25) is 0 Å². The van der Waals surface area contributed by atoms with E-state index in [1.807, 2.05) is 0 Å². The fourth-order valence-electron chi connectivity index (χ4n) is 3.59. The van der Waals surface area contributed by atoms with Gasteiger partial charge in [0.25, 0.3) is 0 Å². The first kappa shape index (κ1) is 27.6. The lowest BCUT2D eigenvalue weighted by Crippen LogP contribution is -2.33. The summed E-state index contributed by atoms with van der Waals surface area (Å²) >= 11 is 0. The van der Waals surface area contributed by atoms with Crippen molar-refractivity contribution in [2.75, 3.05) is 33.9 Å². The number of amides is 1. The molecule has 0 radical (unpaired) electrons. The molecule has 0 bridgehead atoms. The Morgan fingerprint density at radius 3 is 2.64 bits per heavy atom. The summed E-state index contributed by atoms with van der Waals surface area (Å²) in [5.74, 6) is -0.140. The average molecular weight is 527 g/mol. The van der Waals surface area contributed by atoms with E-state index >= 15 is 0 Å². The fourth-order valence-corrected chi connectivity index (χ4v) is 4.84. The quantitative estimate of drug-likeness (QED) is 0.337. The van der Waals surface area contributed by atoms with Crippen molar-refractivity contribution in [3.05, 3.63) is 47.8 Å². The van der Waals surface area contributed by atoms with E-state index in [0.717, 1.165) is 19.3 Å². The van der Waals surface area contributed by atoms with Gasteiger partial charge in [0.05, 0.1) is 33.3 Å². The number of fused-ring (bicyclic) bond motifs is 1. The molecule has 3 aromatic rings. The zero-order chi connectivity index (χ0) is 26.3. The van der Waals surface area contributed by atoms with Gasteiger partial charge < -0.3 is 14.4 Å². The van der Waals surface area contributed by atoms with Gasteiger partial charge in [-0.05, 0) is 44.4 Å². The van der Waals surface area contributed by atoms with Gasteiger partial charge in [-0.25, -0.2) is 14.3 Å². The lowest BCUT2D eigenvalue weighted by Gasteiger charge is -2.19. The smallest absolute Gasteiger partial charge is 0.422 e. The highest BCUT2D eigenvalue weighted by molar-refractivity contribution is 7.84. The second kappa shape index (κ2) is 12.3. The van der Waals surface area contributed by atoms with Crippen molar-refractivity contribution in [2.45, 2.75) is 43.3 Å². The van der Waals surface area contributed by atoms with Gasteiger partial charge in [-0.3, -0.25) is 9.19 Å². The summed E-state index contributed by atoms with van der Waals surface area (Å²) in [4.78, 5) is 23.5. The second-order valence-corrected chi connectivity index (χ2v) is 9.60. The highest BCUT2D eigenvalue weighted by Crippen LogP contribution is 2.26. The van der Waals surface area contributed by atoms with Crippen LogP contribution < -0.4 is 4.74 Å². The molecule has 0 spiro atoms. The molecular formula is C24H29F3N4O4S. The van der Waals surface area contributed by atoms with Gasteiger partial charge >= 0.3 is 12.2 Å². The molecule has 1 aromatic carbocycles. The summed E-state index contributed by atoms with van der Waals surface area (Å²) in [6, 6.07) is 7.93. The summed E-state index contributed by atoms with van der Waals surface area (Å²) in [5, 5.41) is 0.0512. The number of rotatable bonds is 11. The van der Waals surface area contributed by atoms with E-state index in [-0.39, 0.29) is 22.7 Å². The van der Waals surface area contributed by atoms with Crippen molar-refractivity contribution in [3.63, 3.8) is 0 Å². The van der Waals surface area contributed by atoms with Crippen LogP contribution in [0.25, 0.3) is 11.0 Å². The molecule has 1 atom stereocenters. The molecule has 0 saturated heterocycles. The van der Waals surface area contributed by atoms with Crippen LogP contribution in [0, 0.1) is 6.92 Å². The third-order valence-electron chi connectivity index (χ3n) is 5.51. The van der Waals surface area contributed by atoms with E-state index in [1.54, 1.807) is 50.2 Å². The lowest BCUT2D eigenvalue weighted by atomic mass is 10.2. The zero-order valence-electron chi connectivity index (χ0n) is 20.4. The molecule has 1 amide bonds. The van der Waals surface area contributed by atoms with E-state index < -0.39 is 23.6 Å². The fraction of sp³-hybridized carbons (Fsp3) is 0.458. The minimum absolute atomic E-state index is 0.00658. The Kier molecular flexibility index (Phi) is 9.43. The standard InChI is InChI=1S/C24H29F3N4O4S/c1-17-19(28-12-11-21(17)35-16-24(25,26)27)15-36(33)22-29-18-9-5-6-10-20(18)31(22)23(32)30(2)13-7-4-8-14-34-3/h5-6,9-12H,4,7-8,13-16H2,1-3H3/t36-/m1/s1. The number of imidazole rings is 1. The number of methoxy groups -OCH3 is 1. The molecule has 8 nitrogen and oxygen atoms in total. The third kappa shape index (κ3) is 7.03. The number of nitrogens with zero attached hydrogens (tertiary/aromatic N) is 4. The highest BCUT2D eigenvalue weighted by Gasteiger charge is 2.29. The predicted molar refractivity (Wildman–Crippen MR) is 130 cm³/mol. The van der Waals surface area contributed by atoms with E-state index in [9.17, 15) is 22.2 Å². The molecule has 2 aromatic heterocycles. The van der Waals surface area contributed by atoms with Crippen molar-refractivity contribution < 1.29 is 31.6 Å². The summed E-state index contributed by atoms with van der Waals surface area (Å²) in [6.07, 6.45) is -0.618. The normalized spacial score (nSPS) is 12.6. The molecule has 0 N–H and O–H groups in total. The van der Waals surface area contributed by atoms with Gasteiger partial charge in [-0.1, -0.05) is 12.1 Å². The molecular weight excluding hydrogens is 497 g/mol. The van der Waals surface area contributed by atoms with Gasteiger partial charge in [-0.15, -0.1) is 0 Å². The second-order valence-electron chi connectivity index (χ2n) is 8.25. The maximum atomic E-state index is 13.4. The molecule has 196 valence electrons. The molecule has 2 heterocycles. The Hall–Kier alpha value is -2.99. The van der Waals surface area contributed by atoms with Gasteiger partial charge in [0, 0.05) is 39.1 Å². The van der Waals surface area contributed by atoms with Crippen LogP contribution in [0.4, 0.5) is 18.0 Å². The topological polar surface area (TPSA) is 86.6 Å². The lowest BCUT2D eigenvalue weighted by molar-refractivity contribution is -0.153. The maximum Gasteiger partial charge on any atom is 0.422 e. The molecule has 3 rings (SSSR count). The van der Waals surface area contributed by atoms with Crippen LogP contribution in [-0.2, 0) is 21.3 Å². The minimum Gasteiger partial charge on any atom is -0.484 e. The van der Waals surface area contributed by atoms with Crippen molar-refractivity contribution >= 4 is 27.9 Å². The van der Waals surface area contributed by atoms with Gasteiger partial charge in [0.2, 0.25) is 5.16 Å². The maximum absolute atomic E-state index is 13.4. The number of carbonyl (C=O) groups excluding carboxylic acids is 1. The largest absolute Gasteiger partial charge is 0.484 e. The summed E-state index contributed by atoms with van der Waals surface area (Å²) in [6.45, 7) is 1.27. The summed E-state index contributed by atoms with van der Waals surface area (Å²) < 4.78 is 62.4. The number of pyridine rings is 1. The van der Waals surface area contributed by atoms with Crippen LogP contribution in [0.1, 0.15) is 30.5 Å². The molecule has 0 aliphatic rings. The Balaban J connectivity index is 1.84. The number of hydrogen-bond donors (Lipinski definition) is 0. The molecule has 12 heteroatoms. The van der Waals surface area contributed by atoms with Gasteiger partial charge in [0.1, 0.15) is 5.75 Å². The van der Waals surface area contributed by atoms with Crippen LogP contribution in [0.15, 0.2) is 41.7 Å². The number of aromatic nitrogens is 3. The number of alkyl halides is 3. The monoisotopic (exact) mass is 526 g/mol. The predicted octanol–water partition coefficient (Wildman–Crippen LogP) is 4.71. The number of ether oxygens (including phenoxy) is 2. The number of unbranched alkanes of at least 4 members (excludes halogenated alkanes) is 2. The summed E-state index contributed by atoms with van der Waals surface area (Å²) in [5.41, 5.74) is 1.67. The molecule has 0 fully saturated rings. The van der Waals surface area contributed by atoms with Crippen LogP contribution in [0.3, 0.4) is 0 Å². The van der Waals surface area contributed by atoms with Crippen molar-refractivity contribution in [2.24, 2.45) is 0 Å². The molecule has 36 heavy (non-hydrogen) atoms. The number of hydrogen-bond acceptors (Lipinski definition) is 6. The van der Waals surface area contributed by atoms with Crippen molar-refractivity contribution in [1.29, 1.82) is 0 Å². The molecule has 0 aliphatic heterocycles. The first-order valence-electron chi connectivity index (χ1n) is 11.4. The van der Waals surface area contributed by atoms with E-state index in [2.05, 4.69) is 9.97 Å². The van der Waals surface area contributed by atoms with Crippen LogP contribution in [-0.4, -0.2) is 69.8 Å². The van der Waals surface area contributed by atoms with Gasteiger partial charge in [-0.2, -0.15) is 13.2 Å². The third-order valence-corrected chi connectivity index (χ3v) is 6.73. The molecule has 0 unspecified atom stereocenters. The first-order valence-corrected chi connectivity index (χ1v) is 12.7. The minimum atomic E-state index is -4.49. The van der Waals surface area contributed by atoms with Crippen molar-refractivity contribution in [3.8, 4) is 5.75 Å². The highest BCUT2D eigenvalue weighted by atomic mass is 32.2. The number of benzene rings is 1. The Morgan fingerprint density at radius 2 is 1.92 bits per heavy atom. The van der Waals surface area contributed by atoms with Crippen LogP contribution in [0.5, 0.6) is 5.75 Å². The summed E-state index contributed by atoms with van der Waals surface area (Å²) in [7, 11) is 1.50. The number of para-hydroxylation sites is 2.